The standard InChI is InChI=1S/C17H24ClFN4O.HI/c18-13-4-3-5-14(19)16(13)15(22-6-1-2-7-22)12-21-17(20)23-8-10-24-11-9-23;/h3-5,15H,1-2,6-12H2,(H2,20,21);1H. The predicted molar refractivity (Wildman–Crippen MR) is 109 cm³/mol. The van der Waals surface area contributed by atoms with Gasteiger partial charge in [-0.2, -0.15) is 0 Å². The summed E-state index contributed by atoms with van der Waals surface area (Å²) in [6, 6.07) is 4.64. The maximum atomic E-state index is 14.4. The highest BCUT2D eigenvalue weighted by Crippen LogP contribution is 2.32. The zero-order chi connectivity index (χ0) is 16.9. The Hall–Kier alpha value is -0.640. The second kappa shape index (κ2) is 9.89. The third kappa shape index (κ3) is 5.18. The molecule has 140 valence electrons. The van der Waals surface area contributed by atoms with Crippen molar-refractivity contribution in [3.63, 3.8) is 0 Å². The van der Waals surface area contributed by atoms with E-state index in [0.29, 0.717) is 36.3 Å². The predicted octanol–water partition coefficient (Wildman–Crippen LogP) is 2.88. The molecule has 2 heterocycles. The number of hydrogen-bond donors (Lipinski definition) is 1. The largest absolute Gasteiger partial charge is 0.378 e. The summed E-state index contributed by atoms with van der Waals surface area (Å²) in [5.74, 6) is 0.217. The van der Waals surface area contributed by atoms with Gasteiger partial charge in [-0.3, -0.25) is 9.89 Å². The van der Waals surface area contributed by atoms with Gasteiger partial charge in [0.2, 0.25) is 0 Å². The summed E-state index contributed by atoms with van der Waals surface area (Å²) in [5.41, 5.74) is 6.65. The van der Waals surface area contributed by atoms with Gasteiger partial charge in [-0.05, 0) is 38.1 Å². The normalized spacial score (nSPS) is 20.4. The van der Waals surface area contributed by atoms with E-state index in [1.54, 1.807) is 12.1 Å². The van der Waals surface area contributed by atoms with E-state index in [1.165, 1.54) is 6.07 Å². The fraction of sp³-hybridized carbons (Fsp3) is 0.588. The number of ether oxygens (including phenoxy) is 1. The van der Waals surface area contributed by atoms with E-state index in [9.17, 15) is 4.39 Å². The van der Waals surface area contributed by atoms with Crippen molar-refractivity contribution in [2.24, 2.45) is 10.7 Å². The topological polar surface area (TPSA) is 54.1 Å². The number of benzene rings is 1. The van der Waals surface area contributed by atoms with Crippen molar-refractivity contribution >= 4 is 41.5 Å². The molecule has 1 aromatic carbocycles. The molecule has 2 fully saturated rings. The maximum Gasteiger partial charge on any atom is 0.191 e. The first-order valence-electron chi connectivity index (χ1n) is 8.47. The van der Waals surface area contributed by atoms with Crippen molar-refractivity contribution in [3.8, 4) is 0 Å². The molecule has 0 amide bonds. The van der Waals surface area contributed by atoms with Crippen LogP contribution in [0.2, 0.25) is 5.02 Å². The van der Waals surface area contributed by atoms with Crippen molar-refractivity contribution in [1.29, 1.82) is 0 Å². The van der Waals surface area contributed by atoms with Gasteiger partial charge in [0.1, 0.15) is 5.82 Å². The molecule has 0 aromatic heterocycles. The second-order valence-electron chi connectivity index (χ2n) is 6.19. The van der Waals surface area contributed by atoms with Crippen LogP contribution in [0.4, 0.5) is 4.39 Å². The molecule has 25 heavy (non-hydrogen) atoms. The van der Waals surface area contributed by atoms with Crippen LogP contribution in [0.3, 0.4) is 0 Å². The van der Waals surface area contributed by atoms with Gasteiger partial charge < -0.3 is 15.4 Å². The quantitative estimate of drug-likeness (QED) is 0.407. The number of nitrogens with zero attached hydrogens (tertiary/aromatic N) is 3. The van der Waals surface area contributed by atoms with Crippen LogP contribution in [0, 0.1) is 5.82 Å². The summed E-state index contributed by atoms with van der Waals surface area (Å²) in [6.45, 7) is 5.07. The van der Waals surface area contributed by atoms with Gasteiger partial charge in [-0.1, -0.05) is 17.7 Å². The summed E-state index contributed by atoms with van der Waals surface area (Å²) in [6.07, 6.45) is 2.23. The first-order valence-corrected chi connectivity index (χ1v) is 8.85. The van der Waals surface area contributed by atoms with Gasteiger partial charge in [0.05, 0.1) is 25.8 Å². The molecule has 0 saturated carbocycles. The molecule has 2 saturated heterocycles. The summed E-state index contributed by atoms with van der Waals surface area (Å²) in [4.78, 5) is 8.81. The molecule has 3 rings (SSSR count). The molecule has 8 heteroatoms. The molecule has 1 atom stereocenters. The van der Waals surface area contributed by atoms with Gasteiger partial charge in [0.25, 0.3) is 0 Å². The Balaban J connectivity index is 0.00000225. The summed E-state index contributed by atoms with van der Waals surface area (Å²) >= 11 is 6.29. The Kier molecular flexibility index (Phi) is 8.18. The first kappa shape index (κ1) is 20.7. The summed E-state index contributed by atoms with van der Waals surface area (Å²) in [7, 11) is 0. The number of morpholine rings is 1. The number of rotatable bonds is 4. The Morgan fingerprint density at radius 2 is 1.92 bits per heavy atom. The number of guanidine groups is 1. The maximum absolute atomic E-state index is 14.4. The van der Waals surface area contributed by atoms with Crippen molar-refractivity contribution < 1.29 is 9.13 Å². The molecule has 2 aliphatic heterocycles. The van der Waals surface area contributed by atoms with E-state index in [-0.39, 0.29) is 35.8 Å². The van der Waals surface area contributed by atoms with E-state index in [1.807, 2.05) is 4.90 Å². The number of aliphatic imine (C=N–C) groups is 1. The van der Waals surface area contributed by atoms with Gasteiger partial charge in [-0.15, -0.1) is 24.0 Å². The van der Waals surface area contributed by atoms with Crippen molar-refractivity contribution in [1.82, 2.24) is 9.80 Å². The number of likely N-dealkylation sites (tertiary alicyclic amines) is 1. The fourth-order valence-corrected chi connectivity index (χ4v) is 3.63. The molecule has 0 spiro atoms. The van der Waals surface area contributed by atoms with Gasteiger partial charge >= 0.3 is 0 Å². The lowest BCUT2D eigenvalue weighted by Crippen LogP contribution is -2.45. The Bertz CT molecular complexity index is 572. The molecule has 0 aliphatic carbocycles. The third-order valence-electron chi connectivity index (χ3n) is 4.68. The summed E-state index contributed by atoms with van der Waals surface area (Å²) in [5, 5.41) is 0.451. The molecular formula is C17H25ClFIN4O. The number of nitrogens with two attached hydrogens (primary N) is 1. The smallest absolute Gasteiger partial charge is 0.191 e. The average molecular weight is 483 g/mol. The highest BCUT2D eigenvalue weighted by Gasteiger charge is 2.27. The lowest BCUT2D eigenvalue weighted by molar-refractivity contribution is 0.0673. The number of hydrogen-bond acceptors (Lipinski definition) is 3. The molecule has 1 unspecified atom stereocenters. The molecule has 0 bridgehead atoms. The average Bonchev–Trinajstić information content (AvgIpc) is 3.12. The number of halogens is 3. The molecule has 2 aliphatic rings. The molecule has 2 N–H and O–H groups in total. The second-order valence-corrected chi connectivity index (χ2v) is 6.60. The van der Waals surface area contributed by atoms with E-state index in [4.69, 9.17) is 22.1 Å². The van der Waals surface area contributed by atoms with E-state index >= 15 is 0 Å². The minimum atomic E-state index is -0.278. The van der Waals surface area contributed by atoms with Crippen LogP contribution in [0.5, 0.6) is 0 Å². The van der Waals surface area contributed by atoms with E-state index in [2.05, 4.69) is 9.89 Å². The minimum absolute atomic E-state index is 0. The third-order valence-corrected chi connectivity index (χ3v) is 5.01. The van der Waals surface area contributed by atoms with Crippen LogP contribution in [-0.4, -0.2) is 61.7 Å². The van der Waals surface area contributed by atoms with Crippen LogP contribution in [-0.2, 0) is 4.74 Å². The Morgan fingerprint density at radius 1 is 1.24 bits per heavy atom. The molecule has 0 radical (unpaired) electrons. The first-order chi connectivity index (χ1) is 11.7. The Morgan fingerprint density at radius 3 is 2.56 bits per heavy atom. The van der Waals surface area contributed by atoms with E-state index < -0.39 is 0 Å². The van der Waals surface area contributed by atoms with Gasteiger partial charge in [-0.25, -0.2) is 4.39 Å². The van der Waals surface area contributed by atoms with Crippen LogP contribution in [0.15, 0.2) is 23.2 Å². The van der Waals surface area contributed by atoms with Crippen LogP contribution < -0.4 is 5.73 Å². The van der Waals surface area contributed by atoms with Crippen LogP contribution in [0.25, 0.3) is 0 Å². The van der Waals surface area contributed by atoms with Gasteiger partial charge in [0, 0.05) is 23.7 Å². The minimum Gasteiger partial charge on any atom is -0.378 e. The monoisotopic (exact) mass is 482 g/mol. The lowest BCUT2D eigenvalue weighted by Gasteiger charge is -2.30. The van der Waals surface area contributed by atoms with Crippen LogP contribution >= 0.6 is 35.6 Å². The van der Waals surface area contributed by atoms with Crippen molar-refractivity contribution in [3.05, 3.63) is 34.6 Å². The molecule has 5 nitrogen and oxygen atoms in total. The molecule has 1 aromatic rings. The zero-order valence-electron chi connectivity index (χ0n) is 14.2. The highest BCUT2D eigenvalue weighted by molar-refractivity contribution is 14.0. The molecular weight excluding hydrogens is 458 g/mol. The highest BCUT2D eigenvalue weighted by atomic mass is 127. The van der Waals surface area contributed by atoms with Crippen LogP contribution in [0.1, 0.15) is 24.4 Å². The SMILES string of the molecule is I.NC(=NCC(c1c(F)cccc1Cl)N1CCCC1)N1CCOCC1. The fourth-order valence-electron chi connectivity index (χ4n) is 3.34. The van der Waals surface area contributed by atoms with Gasteiger partial charge in [0.15, 0.2) is 5.96 Å². The zero-order valence-corrected chi connectivity index (χ0v) is 17.3. The van der Waals surface area contributed by atoms with Crippen molar-refractivity contribution in [2.45, 2.75) is 18.9 Å². The summed E-state index contributed by atoms with van der Waals surface area (Å²) < 4.78 is 19.7. The lowest BCUT2D eigenvalue weighted by atomic mass is 10.0. The Labute approximate surface area is 170 Å². The van der Waals surface area contributed by atoms with E-state index in [0.717, 1.165) is 39.0 Å². The van der Waals surface area contributed by atoms with Crippen molar-refractivity contribution in [2.75, 3.05) is 45.9 Å².